The second kappa shape index (κ2) is 7.25. The molecule has 0 aromatic heterocycles. The molecule has 3 N–H and O–H groups in total. The maximum absolute atomic E-state index is 12.0. The Kier molecular flexibility index (Phi) is 6.27. The van der Waals surface area contributed by atoms with Crippen LogP contribution >= 0.6 is 0 Å². The Morgan fingerprint density at radius 1 is 1.32 bits per heavy atom. The average Bonchev–Trinajstić information content (AvgIpc) is 2.39. The highest BCUT2D eigenvalue weighted by molar-refractivity contribution is 5.77. The number of hydrogen-bond acceptors (Lipinski definition) is 3. The number of aliphatic hydroxyl groups excluding tert-OH is 2. The molecule has 112 valence electrons. The lowest BCUT2D eigenvalue weighted by atomic mass is 9.76. The molecular formula is C15H29NO3. The Balaban J connectivity index is 2.56. The van der Waals surface area contributed by atoms with Crippen LogP contribution in [0.1, 0.15) is 59.3 Å². The fourth-order valence-corrected chi connectivity index (χ4v) is 2.81. The molecule has 19 heavy (non-hydrogen) atoms. The van der Waals surface area contributed by atoms with Crippen molar-refractivity contribution in [3.63, 3.8) is 0 Å². The molecule has 0 bridgehead atoms. The molecule has 1 aliphatic carbocycles. The molecule has 0 saturated heterocycles. The van der Waals surface area contributed by atoms with Gasteiger partial charge in [-0.15, -0.1) is 0 Å². The lowest BCUT2D eigenvalue weighted by Gasteiger charge is -2.39. The molecule has 1 aliphatic rings. The molecule has 1 amide bonds. The van der Waals surface area contributed by atoms with Gasteiger partial charge in [0.1, 0.15) is 0 Å². The van der Waals surface area contributed by atoms with Crippen molar-refractivity contribution in [3.05, 3.63) is 0 Å². The summed E-state index contributed by atoms with van der Waals surface area (Å²) in [5.41, 5.74) is -0.547. The molecule has 1 saturated carbocycles. The normalized spacial score (nSPS) is 22.0. The zero-order chi connectivity index (χ0) is 14.5. The zero-order valence-electron chi connectivity index (χ0n) is 12.5. The van der Waals surface area contributed by atoms with Crippen molar-refractivity contribution in [2.24, 2.45) is 11.8 Å². The number of amides is 1. The standard InChI is InChI=1S/C15H29NO3/c1-11(2)13(18)9-14(19)16-15(3,10-17)12-7-5-4-6-8-12/h11-13,17-18H,4-10H2,1-3H3,(H,16,19)/t13-,15+/m0/s1. The average molecular weight is 271 g/mol. The van der Waals surface area contributed by atoms with Crippen LogP contribution in [0, 0.1) is 11.8 Å². The van der Waals surface area contributed by atoms with E-state index >= 15 is 0 Å². The van der Waals surface area contributed by atoms with Crippen LogP contribution in [0.15, 0.2) is 0 Å². The van der Waals surface area contributed by atoms with Gasteiger partial charge in [-0.2, -0.15) is 0 Å². The molecule has 1 fully saturated rings. The highest BCUT2D eigenvalue weighted by atomic mass is 16.3. The molecule has 2 atom stereocenters. The summed E-state index contributed by atoms with van der Waals surface area (Å²) in [7, 11) is 0. The van der Waals surface area contributed by atoms with E-state index in [0.717, 1.165) is 12.8 Å². The topological polar surface area (TPSA) is 69.6 Å². The van der Waals surface area contributed by atoms with Gasteiger partial charge in [0.05, 0.1) is 24.7 Å². The van der Waals surface area contributed by atoms with Crippen molar-refractivity contribution in [1.82, 2.24) is 5.32 Å². The first kappa shape index (κ1) is 16.4. The summed E-state index contributed by atoms with van der Waals surface area (Å²) in [5, 5.41) is 22.4. The van der Waals surface area contributed by atoms with Crippen molar-refractivity contribution in [1.29, 1.82) is 0 Å². The Morgan fingerprint density at radius 3 is 2.37 bits per heavy atom. The summed E-state index contributed by atoms with van der Waals surface area (Å²) in [6.07, 6.45) is 5.20. The Bertz CT molecular complexity index is 287. The van der Waals surface area contributed by atoms with E-state index < -0.39 is 11.6 Å². The molecule has 0 aromatic carbocycles. The number of carbonyl (C=O) groups is 1. The molecule has 1 rings (SSSR count). The van der Waals surface area contributed by atoms with Crippen LogP contribution in [0.2, 0.25) is 0 Å². The number of carbonyl (C=O) groups excluding carboxylic acids is 1. The summed E-state index contributed by atoms with van der Waals surface area (Å²) in [6.45, 7) is 5.67. The largest absolute Gasteiger partial charge is 0.394 e. The number of aliphatic hydroxyl groups is 2. The van der Waals surface area contributed by atoms with Gasteiger partial charge in [0.25, 0.3) is 0 Å². The first-order valence-corrected chi connectivity index (χ1v) is 7.49. The smallest absolute Gasteiger partial charge is 0.223 e. The molecule has 0 aromatic rings. The summed E-state index contributed by atoms with van der Waals surface area (Å²) < 4.78 is 0. The van der Waals surface area contributed by atoms with Crippen LogP contribution in [-0.2, 0) is 4.79 Å². The molecular weight excluding hydrogens is 242 g/mol. The predicted octanol–water partition coefficient (Wildman–Crippen LogP) is 1.84. The van der Waals surface area contributed by atoms with Gasteiger partial charge in [-0.05, 0) is 31.6 Å². The first-order chi connectivity index (χ1) is 8.89. The van der Waals surface area contributed by atoms with Gasteiger partial charge in [-0.3, -0.25) is 4.79 Å². The third-order valence-electron chi connectivity index (χ3n) is 4.42. The van der Waals surface area contributed by atoms with Gasteiger partial charge < -0.3 is 15.5 Å². The van der Waals surface area contributed by atoms with Crippen molar-refractivity contribution >= 4 is 5.91 Å². The monoisotopic (exact) mass is 271 g/mol. The second-order valence-corrected chi connectivity index (χ2v) is 6.47. The number of rotatable bonds is 6. The number of nitrogens with one attached hydrogen (secondary N) is 1. The van der Waals surface area contributed by atoms with E-state index in [-0.39, 0.29) is 24.9 Å². The van der Waals surface area contributed by atoms with Crippen LogP contribution in [0.5, 0.6) is 0 Å². The minimum atomic E-state index is -0.616. The third kappa shape index (κ3) is 4.77. The molecule has 0 spiro atoms. The van der Waals surface area contributed by atoms with Gasteiger partial charge in [-0.25, -0.2) is 0 Å². The van der Waals surface area contributed by atoms with Crippen molar-refractivity contribution in [3.8, 4) is 0 Å². The summed E-state index contributed by atoms with van der Waals surface area (Å²) in [4.78, 5) is 12.0. The molecule has 4 heteroatoms. The van der Waals surface area contributed by atoms with Crippen LogP contribution < -0.4 is 5.32 Å². The van der Waals surface area contributed by atoms with Crippen molar-refractivity contribution < 1.29 is 15.0 Å². The summed E-state index contributed by atoms with van der Waals surface area (Å²) in [5.74, 6) is 0.246. The molecule has 0 aliphatic heterocycles. The fraction of sp³-hybridized carbons (Fsp3) is 0.933. The van der Waals surface area contributed by atoms with Crippen LogP contribution in [0.4, 0.5) is 0 Å². The maximum atomic E-state index is 12.0. The van der Waals surface area contributed by atoms with Crippen molar-refractivity contribution in [2.75, 3.05) is 6.61 Å². The third-order valence-corrected chi connectivity index (χ3v) is 4.42. The lowest BCUT2D eigenvalue weighted by Crippen LogP contribution is -2.55. The fourth-order valence-electron chi connectivity index (χ4n) is 2.81. The Labute approximate surface area is 116 Å². The Hall–Kier alpha value is -0.610. The quantitative estimate of drug-likeness (QED) is 0.690. The van der Waals surface area contributed by atoms with Crippen LogP contribution in [0.25, 0.3) is 0 Å². The van der Waals surface area contributed by atoms with Crippen molar-refractivity contribution in [2.45, 2.75) is 70.9 Å². The van der Waals surface area contributed by atoms with E-state index in [9.17, 15) is 15.0 Å². The molecule has 0 heterocycles. The van der Waals surface area contributed by atoms with E-state index in [2.05, 4.69) is 5.32 Å². The first-order valence-electron chi connectivity index (χ1n) is 7.49. The number of hydrogen-bond donors (Lipinski definition) is 3. The Morgan fingerprint density at radius 2 is 1.89 bits per heavy atom. The zero-order valence-corrected chi connectivity index (χ0v) is 12.5. The minimum absolute atomic E-state index is 0.0405. The van der Waals surface area contributed by atoms with E-state index in [1.807, 2.05) is 20.8 Å². The van der Waals surface area contributed by atoms with Gasteiger partial charge in [0.2, 0.25) is 5.91 Å². The highest BCUT2D eigenvalue weighted by Gasteiger charge is 2.36. The maximum Gasteiger partial charge on any atom is 0.223 e. The van der Waals surface area contributed by atoms with E-state index in [0.29, 0.717) is 5.92 Å². The lowest BCUT2D eigenvalue weighted by molar-refractivity contribution is -0.127. The van der Waals surface area contributed by atoms with Crippen LogP contribution in [0.3, 0.4) is 0 Å². The second-order valence-electron chi connectivity index (χ2n) is 6.47. The van der Waals surface area contributed by atoms with Gasteiger partial charge in [-0.1, -0.05) is 33.1 Å². The van der Waals surface area contributed by atoms with Crippen LogP contribution in [-0.4, -0.2) is 34.4 Å². The summed E-state index contributed by atoms with van der Waals surface area (Å²) in [6, 6.07) is 0. The SMILES string of the molecule is CC(C)[C@@H](O)CC(=O)N[C@](C)(CO)C1CCCCC1. The molecule has 0 unspecified atom stereocenters. The highest BCUT2D eigenvalue weighted by Crippen LogP contribution is 2.32. The van der Waals surface area contributed by atoms with E-state index in [1.165, 1.54) is 19.3 Å². The van der Waals surface area contributed by atoms with E-state index in [4.69, 9.17) is 0 Å². The summed E-state index contributed by atoms with van der Waals surface area (Å²) >= 11 is 0. The molecule has 4 nitrogen and oxygen atoms in total. The predicted molar refractivity (Wildman–Crippen MR) is 75.7 cm³/mol. The van der Waals surface area contributed by atoms with Gasteiger partial charge in [0.15, 0.2) is 0 Å². The van der Waals surface area contributed by atoms with Gasteiger partial charge >= 0.3 is 0 Å². The minimum Gasteiger partial charge on any atom is -0.394 e. The molecule has 0 radical (unpaired) electrons. The van der Waals surface area contributed by atoms with Gasteiger partial charge in [0, 0.05) is 0 Å². The van der Waals surface area contributed by atoms with E-state index in [1.54, 1.807) is 0 Å².